The van der Waals surface area contributed by atoms with Crippen LogP contribution in [0.3, 0.4) is 0 Å². The molecule has 2 aliphatic heterocycles. The van der Waals surface area contributed by atoms with E-state index in [9.17, 15) is 9.59 Å². The summed E-state index contributed by atoms with van der Waals surface area (Å²) >= 11 is 3.88. The minimum atomic E-state index is -0.131. The van der Waals surface area contributed by atoms with Crippen LogP contribution < -0.4 is 0 Å². The van der Waals surface area contributed by atoms with Gasteiger partial charge in [0.15, 0.2) is 0 Å². The van der Waals surface area contributed by atoms with Crippen LogP contribution in [0.5, 0.6) is 0 Å². The molecular formula is C16H27NO3S2. The normalized spacial score (nSPS) is 26.0. The zero-order valence-electron chi connectivity index (χ0n) is 13.6. The molecule has 22 heavy (non-hydrogen) atoms. The molecule has 0 aromatic carbocycles. The number of ether oxygens (including phenoxy) is 1. The minimum absolute atomic E-state index is 0.0605. The van der Waals surface area contributed by atoms with Crippen LogP contribution in [-0.2, 0) is 14.3 Å². The Morgan fingerprint density at radius 3 is 2.77 bits per heavy atom. The van der Waals surface area contributed by atoms with E-state index in [0.717, 1.165) is 37.4 Å². The number of carbonyl (C=O) groups excluding carboxylic acids is 2. The predicted octanol–water partition coefficient (Wildman–Crippen LogP) is 2.81. The van der Waals surface area contributed by atoms with Crippen molar-refractivity contribution in [2.75, 3.05) is 30.3 Å². The molecule has 0 N–H and O–H groups in total. The number of nitrogens with zero attached hydrogens (tertiary/aromatic N) is 1. The third-order valence-corrected chi connectivity index (χ3v) is 6.83. The van der Waals surface area contributed by atoms with Crippen molar-refractivity contribution in [2.45, 2.75) is 50.9 Å². The smallest absolute Gasteiger partial charge is 0.306 e. The van der Waals surface area contributed by atoms with Gasteiger partial charge in [-0.1, -0.05) is 0 Å². The number of rotatable bonds is 5. The molecule has 4 nitrogen and oxygen atoms in total. The molecule has 2 atom stereocenters. The summed E-state index contributed by atoms with van der Waals surface area (Å²) in [6.07, 6.45) is 3.05. The lowest BCUT2D eigenvalue weighted by Gasteiger charge is -2.33. The summed E-state index contributed by atoms with van der Waals surface area (Å²) < 4.78 is 5.22. The molecule has 2 rings (SSSR count). The zero-order chi connectivity index (χ0) is 15.9. The molecular weight excluding hydrogens is 318 g/mol. The van der Waals surface area contributed by atoms with Crippen molar-refractivity contribution in [1.29, 1.82) is 0 Å². The fraction of sp³-hybridized carbons (Fsp3) is 0.875. The Bertz CT molecular complexity index is 384. The number of carbonyl (C=O) groups is 2. The fourth-order valence-electron chi connectivity index (χ4n) is 2.98. The number of thioether (sulfide) groups is 2. The van der Waals surface area contributed by atoms with Gasteiger partial charge >= 0.3 is 5.97 Å². The highest BCUT2D eigenvalue weighted by Gasteiger charge is 2.28. The van der Waals surface area contributed by atoms with Crippen molar-refractivity contribution in [3.05, 3.63) is 0 Å². The minimum Gasteiger partial charge on any atom is -0.463 e. The molecule has 0 saturated carbocycles. The molecule has 2 heterocycles. The summed E-state index contributed by atoms with van der Waals surface area (Å²) in [5, 5.41) is 0.470. The van der Waals surface area contributed by atoms with Crippen LogP contribution in [0.4, 0.5) is 0 Å². The highest BCUT2D eigenvalue weighted by Crippen LogP contribution is 2.28. The maximum atomic E-state index is 12.5. The molecule has 2 aliphatic rings. The van der Waals surface area contributed by atoms with Crippen LogP contribution in [0, 0.1) is 5.92 Å². The van der Waals surface area contributed by atoms with Crippen molar-refractivity contribution < 1.29 is 14.3 Å². The van der Waals surface area contributed by atoms with Crippen molar-refractivity contribution in [3.63, 3.8) is 0 Å². The van der Waals surface area contributed by atoms with E-state index in [1.807, 2.05) is 42.3 Å². The number of hydrogen-bond donors (Lipinski definition) is 0. The largest absolute Gasteiger partial charge is 0.463 e. The average Bonchev–Trinajstić information content (AvgIpc) is 2.47. The first kappa shape index (κ1) is 18.0. The molecule has 0 spiro atoms. The highest BCUT2D eigenvalue weighted by molar-refractivity contribution is 8.06. The number of piperidine rings is 1. The van der Waals surface area contributed by atoms with E-state index >= 15 is 0 Å². The predicted molar refractivity (Wildman–Crippen MR) is 93.3 cm³/mol. The molecule has 6 heteroatoms. The highest BCUT2D eigenvalue weighted by atomic mass is 32.2. The first-order valence-corrected chi connectivity index (χ1v) is 10.4. The second kappa shape index (κ2) is 9.06. The van der Waals surface area contributed by atoms with Crippen LogP contribution in [0.25, 0.3) is 0 Å². The third kappa shape index (κ3) is 6.03. The number of likely N-dealkylation sites (tertiary alicyclic amines) is 1. The van der Waals surface area contributed by atoms with E-state index in [1.165, 1.54) is 5.75 Å². The van der Waals surface area contributed by atoms with Gasteiger partial charge in [0.2, 0.25) is 5.91 Å². The number of esters is 1. The molecule has 0 bridgehead atoms. The van der Waals surface area contributed by atoms with Crippen LogP contribution >= 0.6 is 23.5 Å². The Hall–Kier alpha value is -0.360. The first-order valence-electron chi connectivity index (χ1n) is 8.21. The SMILES string of the molecule is CC(C)OC(=O)C[C@H]1CCCN(C(=O)C[C@H]2CSCCS2)C1. The summed E-state index contributed by atoms with van der Waals surface area (Å²) in [5.74, 6) is 3.85. The van der Waals surface area contributed by atoms with Gasteiger partial charge < -0.3 is 9.64 Å². The van der Waals surface area contributed by atoms with Crippen LogP contribution in [0.2, 0.25) is 0 Å². The Morgan fingerprint density at radius 2 is 2.09 bits per heavy atom. The Kier molecular flexibility index (Phi) is 7.41. The molecule has 0 radical (unpaired) electrons. The standard InChI is InChI=1S/C16H27NO3S2/c1-12(2)20-16(19)8-13-4-3-5-17(10-13)15(18)9-14-11-21-6-7-22-14/h12-14H,3-11H2,1-2H3/t13-,14+/m1/s1. The van der Waals surface area contributed by atoms with Gasteiger partial charge in [-0.05, 0) is 32.6 Å². The van der Waals surface area contributed by atoms with E-state index in [1.54, 1.807) is 0 Å². The Balaban J connectivity index is 1.76. The van der Waals surface area contributed by atoms with Gasteiger partial charge in [-0.25, -0.2) is 0 Å². The van der Waals surface area contributed by atoms with Gasteiger partial charge in [0, 0.05) is 42.0 Å². The Labute approximate surface area is 142 Å². The maximum Gasteiger partial charge on any atom is 0.306 e. The van der Waals surface area contributed by atoms with Gasteiger partial charge in [-0.2, -0.15) is 23.5 Å². The summed E-state index contributed by atoms with van der Waals surface area (Å²) in [4.78, 5) is 26.2. The van der Waals surface area contributed by atoms with Crippen LogP contribution in [0.15, 0.2) is 0 Å². The van der Waals surface area contributed by atoms with Gasteiger partial charge in [-0.3, -0.25) is 9.59 Å². The molecule has 126 valence electrons. The molecule has 0 aromatic rings. The maximum absolute atomic E-state index is 12.5. The van der Waals surface area contributed by atoms with E-state index in [2.05, 4.69) is 0 Å². The molecule has 0 unspecified atom stereocenters. The summed E-state index contributed by atoms with van der Waals surface area (Å²) in [6, 6.07) is 0. The molecule has 1 amide bonds. The van der Waals surface area contributed by atoms with Crippen molar-refractivity contribution >= 4 is 35.4 Å². The second-order valence-electron chi connectivity index (χ2n) is 6.36. The van der Waals surface area contributed by atoms with E-state index in [0.29, 0.717) is 18.1 Å². The van der Waals surface area contributed by atoms with Gasteiger partial charge in [0.05, 0.1) is 12.5 Å². The van der Waals surface area contributed by atoms with Crippen molar-refractivity contribution in [1.82, 2.24) is 4.90 Å². The molecule has 2 saturated heterocycles. The number of hydrogen-bond acceptors (Lipinski definition) is 5. The van der Waals surface area contributed by atoms with Gasteiger partial charge in [0.1, 0.15) is 0 Å². The van der Waals surface area contributed by atoms with E-state index in [4.69, 9.17) is 4.74 Å². The summed E-state index contributed by atoms with van der Waals surface area (Å²) in [7, 11) is 0. The molecule has 2 fully saturated rings. The fourth-order valence-corrected chi connectivity index (χ4v) is 5.65. The van der Waals surface area contributed by atoms with Crippen LogP contribution in [0.1, 0.15) is 39.5 Å². The zero-order valence-corrected chi connectivity index (χ0v) is 15.2. The second-order valence-corrected chi connectivity index (χ2v) is 8.92. The van der Waals surface area contributed by atoms with Crippen molar-refractivity contribution in [2.24, 2.45) is 5.92 Å². The lowest BCUT2D eigenvalue weighted by molar-refractivity contribution is -0.149. The summed E-state index contributed by atoms with van der Waals surface area (Å²) in [5.41, 5.74) is 0. The quantitative estimate of drug-likeness (QED) is 0.717. The van der Waals surface area contributed by atoms with Gasteiger partial charge in [0.25, 0.3) is 0 Å². The third-order valence-electron chi connectivity index (χ3n) is 3.98. The van der Waals surface area contributed by atoms with Crippen LogP contribution in [-0.4, -0.2) is 58.5 Å². The van der Waals surface area contributed by atoms with Crippen molar-refractivity contribution in [3.8, 4) is 0 Å². The topological polar surface area (TPSA) is 46.6 Å². The number of amides is 1. The van der Waals surface area contributed by atoms with E-state index < -0.39 is 0 Å². The lowest BCUT2D eigenvalue weighted by Crippen LogP contribution is -2.42. The first-order chi connectivity index (χ1) is 10.5. The lowest BCUT2D eigenvalue weighted by atomic mass is 9.94. The average molecular weight is 346 g/mol. The summed E-state index contributed by atoms with van der Waals surface area (Å²) in [6.45, 7) is 5.30. The molecule has 0 aliphatic carbocycles. The van der Waals surface area contributed by atoms with E-state index in [-0.39, 0.29) is 23.9 Å². The monoisotopic (exact) mass is 345 g/mol. The molecule has 0 aromatic heterocycles. The van der Waals surface area contributed by atoms with Gasteiger partial charge in [-0.15, -0.1) is 0 Å². The Morgan fingerprint density at radius 1 is 1.27 bits per heavy atom.